The van der Waals surface area contributed by atoms with E-state index in [1.807, 2.05) is 29.2 Å². The van der Waals surface area contributed by atoms with Crippen LogP contribution in [0.5, 0.6) is 0 Å². The van der Waals surface area contributed by atoms with Crippen LogP contribution in [0, 0.1) is 0 Å². The smallest absolute Gasteiger partial charge is 0.0834 e. The molecule has 1 nitrogen and oxygen atoms in total. The molecule has 0 aliphatic rings. The Morgan fingerprint density at radius 1 is 1.45 bits per heavy atom. The van der Waals surface area contributed by atoms with Crippen molar-refractivity contribution in [1.29, 1.82) is 0 Å². The van der Waals surface area contributed by atoms with Crippen molar-refractivity contribution in [2.24, 2.45) is 0 Å². The largest absolute Gasteiger partial charge is 0.386 e. The van der Waals surface area contributed by atoms with Gasteiger partial charge in [0.15, 0.2) is 0 Å². The third-order valence-electron chi connectivity index (χ3n) is 1.33. The van der Waals surface area contributed by atoms with Gasteiger partial charge in [-0.25, -0.2) is 0 Å². The summed E-state index contributed by atoms with van der Waals surface area (Å²) in [6, 6.07) is 0. The van der Waals surface area contributed by atoms with Crippen LogP contribution in [-0.4, -0.2) is 10.7 Å². The van der Waals surface area contributed by atoms with Crippen LogP contribution in [0.15, 0.2) is 22.3 Å². The fourth-order valence-electron chi connectivity index (χ4n) is 0.723. The SMILES string of the molecule is CC/C=C/C(C)(O)C/C=C/I. The summed E-state index contributed by atoms with van der Waals surface area (Å²) >= 11 is 2.15. The Morgan fingerprint density at radius 3 is 2.55 bits per heavy atom. The van der Waals surface area contributed by atoms with E-state index < -0.39 is 5.60 Å². The zero-order valence-corrected chi connectivity index (χ0v) is 9.21. The molecule has 0 rings (SSSR count). The first-order valence-electron chi connectivity index (χ1n) is 3.77. The molecule has 0 aromatic rings. The van der Waals surface area contributed by atoms with Gasteiger partial charge in [-0.15, -0.1) is 0 Å². The second-order valence-electron chi connectivity index (χ2n) is 2.73. The second kappa shape index (κ2) is 5.77. The van der Waals surface area contributed by atoms with Gasteiger partial charge in [0.2, 0.25) is 0 Å². The topological polar surface area (TPSA) is 20.2 Å². The minimum Gasteiger partial charge on any atom is -0.386 e. The summed E-state index contributed by atoms with van der Waals surface area (Å²) < 4.78 is 1.92. The molecule has 0 bridgehead atoms. The molecule has 1 unspecified atom stereocenters. The van der Waals surface area contributed by atoms with Crippen molar-refractivity contribution in [3.8, 4) is 0 Å². The normalized spacial score (nSPS) is 17.8. The summed E-state index contributed by atoms with van der Waals surface area (Å²) in [6.07, 6.45) is 7.46. The number of hydrogen-bond acceptors (Lipinski definition) is 1. The highest BCUT2D eigenvalue weighted by atomic mass is 127. The summed E-state index contributed by atoms with van der Waals surface area (Å²) in [5.74, 6) is 0. The average molecular weight is 266 g/mol. The molecule has 0 amide bonds. The van der Waals surface area contributed by atoms with Crippen molar-refractivity contribution < 1.29 is 5.11 Å². The number of hydrogen-bond donors (Lipinski definition) is 1. The van der Waals surface area contributed by atoms with Gasteiger partial charge in [-0.1, -0.05) is 47.7 Å². The van der Waals surface area contributed by atoms with Crippen molar-refractivity contribution >= 4 is 22.6 Å². The molecule has 0 aliphatic carbocycles. The third kappa shape index (κ3) is 6.56. The molecule has 0 aromatic heterocycles. The minimum atomic E-state index is -0.669. The second-order valence-corrected chi connectivity index (χ2v) is 3.45. The van der Waals surface area contributed by atoms with Gasteiger partial charge in [-0.2, -0.15) is 0 Å². The van der Waals surface area contributed by atoms with Crippen molar-refractivity contribution in [1.82, 2.24) is 0 Å². The standard InChI is InChI=1S/C9H15IO/c1-3-4-6-9(2,11)7-5-8-10/h4-6,8,11H,3,7H2,1-2H3/b6-4+,8-5+. The highest BCUT2D eigenvalue weighted by molar-refractivity contribution is 14.1. The fraction of sp³-hybridized carbons (Fsp3) is 0.556. The highest BCUT2D eigenvalue weighted by Gasteiger charge is 2.12. The molecule has 1 N–H and O–H groups in total. The van der Waals surface area contributed by atoms with E-state index in [9.17, 15) is 5.11 Å². The lowest BCUT2D eigenvalue weighted by Crippen LogP contribution is -2.18. The van der Waals surface area contributed by atoms with E-state index >= 15 is 0 Å². The first kappa shape index (κ1) is 11.2. The van der Waals surface area contributed by atoms with Crippen LogP contribution in [0.25, 0.3) is 0 Å². The van der Waals surface area contributed by atoms with Crippen molar-refractivity contribution in [2.45, 2.75) is 32.3 Å². The third-order valence-corrected chi connectivity index (χ3v) is 1.84. The summed E-state index contributed by atoms with van der Waals surface area (Å²) in [6.45, 7) is 3.87. The van der Waals surface area contributed by atoms with Crippen LogP contribution in [-0.2, 0) is 0 Å². The van der Waals surface area contributed by atoms with Crippen LogP contribution in [0.1, 0.15) is 26.7 Å². The van der Waals surface area contributed by atoms with Crippen LogP contribution in [0.2, 0.25) is 0 Å². The maximum atomic E-state index is 9.64. The van der Waals surface area contributed by atoms with Crippen LogP contribution >= 0.6 is 22.6 Å². The average Bonchev–Trinajstić information content (AvgIpc) is 1.97. The van der Waals surface area contributed by atoms with Gasteiger partial charge >= 0.3 is 0 Å². The molecule has 0 aliphatic heterocycles. The zero-order valence-electron chi connectivity index (χ0n) is 7.05. The minimum absolute atomic E-state index is 0.669. The summed E-state index contributed by atoms with van der Waals surface area (Å²) in [5.41, 5.74) is -0.669. The molecule has 11 heavy (non-hydrogen) atoms. The molecule has 0 heterocycles. The van der Waals surface area contributed by atoms with Gasteiger partial charge in [0, 0.05) is 0 Å². The fourth-order valence-corrected chi connectivity index (χ4v) is 0.977. The Balaban J connectivity index is 3.88. The van der Waals surface area contributed by atoms with Crippen molar-refractivity contribution in [3.05, 3.63) is 22.3 Å². The Labute approximate surface area is 82.3 Å². The van der Waals surface area contributed by atoms with Gasteiger partial charge in [0.05, 0.1) is 5.60 Å². The van der Waals surface area contributed by atoms with E-state index in [1.165, 1.54) is 0 Å². The quantitative estimate of drug-likeness (QED) is 0.612. The maximum Gasteiger partial charge on any atom is 0.0834 e. The van der Waals surface area contributed by atoms with Crippen LogP contribution in [0.4, 0.5) is 0 Å². The number of allylic oxidation sites excluding steroid dienone is 1. The first-order valence-corrected chi connectivity index (χ1v) is 5.02. The number of halogens is 1. The van der Waals surface area contributed by atoms with Crippen molar-refractivity contribution in [3.63, 3.8) is 0 Å². The lowest BCUT2D eigenvalue weighted by Gasteiger charge is -2.15. The predicted octanol–water partition coefficient (Wildman–Crippen LogP) is 3.04. The molecule has 0 radical (unpaired) electrons. The maximum absolute atomic E-state index is 9.64. The Morgan fingerprint density at radius 2 is 2.09 bits per heavy atom. The molecule has 2 heteroatoms. The molecule has 0 fully saturated rings. The zero-order chi connectivity index (χ0) is 8.74. The first-order chi connectivity index (χ1) is 5.12. The predicted molar refractivity (Wildman–Crippen MR) is 57.8 cm³/mol. The van der Waals surface area contributed by atoms with Gasteiger partial charge in [0.1, 0.15) is 0 Å². The van der Waals surface area contributed by atoms with E-state index in [4.69, 9.17) is 0 Å². The molecule has 0 aromatic carbocycles. The van der Waals surface area contributed by atoms with Crippen molar-refractivity contribution in [2.75, 3.05) is 0 Å². The Hall–Kier alpha value is 0.170. The van der Waals surface area contributed by atoms with E-state index in [2.05, 4.69) is 29.5 Å². The van der Waals surface area contributed by atoms with E-state index in [-0.39, 0.29) is 0 Å². The van der Waals surface area contributed by atoms with Gasteiger partial charge in [-0.3, -0.25) is 0 Å². The monoisotopic (exact) mass is 266 g/mol. The number of aliphatic hydroxyl groups is 1. The molecule has 1 atom stereocenters. The van der Waals surface area contributed by atoms with Gasteiger partial charge in [0.25, 0.3) is 0 Å². The van der Waals surface area contributed by atoms with E-state index in [0.29, 0.717) is 6.42 Å². The lowest BCUT2D eigenvalue weighted by atomic mass is 10.0. The molecular formula is C9H15IO. The molecule has 0 saturated heterocycles. The van der Waals surface area contributed by atoms with Crippen LogP contribution < -0.4 is 0 Å². The van der Waals surface area contributed by atoms with Crippen LogP contribution in [0.3, 0.4) is 0 Å². The molecular weight excluding hydrogens is 251 g/mol. The molecule has 0 spiro atoms. The Bertz CT molecular complexity index is 148. The molecule has 64 valence electrons. The van der Waals surface area contributed by atoms with Gasteiger partial charge in [-0.05, 0) is 23.8 Å². The Kier molecular flexibility index (Phi) is 5.86. The highest BCUT2D eigenvalue weighted by Crippen LogP contribution is 2.12. The summed E-state index contributed by atoms with van der Waals surface area (Å²) in [4.78, 5) is 0. The number of rotatable bonds is 4. The summed E-state index contributed by atoms with van der Waals surface area (Å²) in [7, 11) is 0. The van der Waals surface area contributed by atoms with E-state index in [1.54, 1.807) is 0 Å². The molecule has 0 saturated carbocycles. The summed E-state index contributed by atoms with van der Waals surface area (Å²) in [5, 5.41) is 9.64. The van der Waals surface area contributed by atoms with E-state index in [0.717, 1.165) is 6.42 Å². The lowest BCUT2D eigenvalue weighted by molar-refractivity contribution is 0.115. The van der Waals surface area contributed by atoms with Gasteiger partial charge < -0.3 is 5.11 Å².